The molecule has 1 atom stereocenters. The first-order valence-electron chi connectivity index (χ1n) is 5.71. The standard InChI is InChI=1S/C12H19N3O3/c1-4-8(7-17-2)15-11-5-9(12(16)18-3)10(13)6-14-11/h5-6,8H,4,7,13H2,1-3H3,(H,14,15). The summed E-state index contributed by atoms with van der Waals surface area (Å²) in [6.07, 6.45) is 2.32. The summed E-state index contributed by atoms with van der Waals surface area (Å²) >= 11 is 0. The first-order valence-corrected chi connectivity index (χ1v) is 5.71. The number of anilines is 2. The molecule has 0 amide bonds. The molecule has 6 heteroatoms. The van der Waals surface area contributed by atoms with Crippen molar-refractivity contribution in [1.82, 2.24) is 4.98 Å². The fourth-order valence-electron chi connectivity index (χ4n) is 1.50. The van der Waals surface area contributed by atoms with Gasteiger partial charge in [0.2, 0.25) is 0 Å². The number of nitrogens with one attached hydrogen (secondary N) is 1. The summed E-state index contributed by atoms with van der Waals surface area (Å²) in [6.45, 7) is 2.60. The molecule has 0 saturated carbocycles. The zero-order chi connectivity index (χ0) is 13.5. The van der Waals surface area contributed by atoms with Crippen molar-refractivity contribution >= 4 is 17.5 Å². The highest BCUT2D eigenvalue weighted by Crippen LogP contribution is 2.16. The number of nitrogens with two attached hydrogens (primary N) is 1. The van der Waals surface area contributed by atoms with Gasteiger partial charge in [0.05, 0.1) is 37.2 Å². The van der Waals surface area contributed by atoms with E-state index in [1.54, 1.807) is 13.2 Å². The topological polar surface area (TPSA) is 86.5 Å². The first-order chi connectivity index (χ1) is 8.62. The molecule has 1 unspecified atom stereocenters. The van der Waals surface area contributed by atoms with Crippen molar-refractivity contribution in [3.63, 3.8) is 0 Å². The fourth-order valence-corrected chi connectivity index (χ4v) is 1.50. The average molecular weight is 253 g/mol. The molecule has 0 aliphatic heterocycles. The summed E-state index contributed by atoms with van der Waals surface area (Å²) in [7, 11) is 2.95. The van der Waals surface area contributed by atoms with E-state index in [1.807, 2.05) is 6.92 Å². The van der Waals surface area contributed by atoms with Gasteiger partial charge in [-0.15, -0.1) is 0 Å². The Labute approximate surface area is 106 Å². The molecular weight excluding hydrogens is 234 g/mol. The van der Waals surface area contributed by atoms with E-state index in [0.717, 1.165) is 6.42 Å². The number of carbonyl (C=O) groups is 1. The van der Waals surface area contributed by atoms with Crippen LogP contribution in [0, 0.1) is 0 Å². The molecule has 0 aliphatic rings. The molecule has 18 heavy (non-hydrogen) atoms. The Kier molecular flexibility index (Phi) is 5.38. The van der Waals surface area contributed by atoms with Gasteiger partial charge in [0, 0.05) is 7.11 Å². The van der Waals surface area contributed by atoms with Crippen LogP contribution >= 0.6 is 0 Å². The largest absolute Gasteiger partial charge is 0.465 e. The van der Waals surface area contributed by atoms with Crippen LogP contribution in [-0.2, 0) is 9.47 Å². The summed E-state index contributed by atoms with van der Waals surface area (Å²) < 4.78 is 9.73. The zero-order valence-corrected chi connectivity index (χ0v) is 10.9. The minimum Gasteiger partial charge on any atom is -0.465 e. The van der Waals surface area contributed by atoms with Crippen LogP contribution in [0.5, 0.6) is 0 Å². The number of hydrogen-bond acceptors (Lipinski definition) is 6. The first kappa shape index (κ1) is 14.2. The van der Waals surface area contributed by atoms with Crippen molar-refractivity contribution in [3.8, 4) is 0 Å². The third kappa shape index (κ3) is 3.59. The second kappa shape index (κ2) is 6.80. The maximum absolute atomic E-state index is 11.5. The predicted molar refractivity (Wildman–Crippen MR) is 69.6 cm³/mol. The number of ether oxygens (including phenoxy) is 2. The minimum absolute atomic E-state index is 0.136. The molecule has 0 aromatic carbocycles. The molecule has 1 rings (SSSR count). The second-order valence-electron chi connectivity index (χ2n) is 3.85. The molecule has 0 spiro atoms. The molecule has 1 aromatic rings. The lowest BCUT2D eigenvalue weighted by Crippen LogP contribution is -2.24. The van der Waals surface area contributed by atoms with Crippen LogP contribution < -0.4 is 11.1 Å². The summed E-state index contributed by atoms with van der Waals surface area (Å²) in [5.41, 5.74) is 6.28. The number of esters is 1. The van der Waals surface area contributed by atoms with E-state index in [1.165, 1.54) is 13.3 Å². The average Bonchev–Trinajstić information content (AvgIpc) is 2.39. The molecule has 1 heterocycles. The van der Waals surface area contributed by atoms with Gasteiger partial charge in [-0.25, -0.2) is 9.78 Å². The van der Waals surface area contributed by atoms with Crippen LogP contribution in [0.4, 0.5) is 11.5 Å². The highest BCUT2D eigenvalue weighted by Gasteiger charge is 2.13. The molecular formula is C12H19N3O3. The molecule has 3 N–H and O–H groups in total. The summed E-state index contributed by atoms with van der Waals surface area (Å²) in [6, 6.07) is 1.72. The van der Waals surface area contributed by atoms with Gasteiger partial charge in [-0.1, -0.05) is 6.92 Å². The number of methoxy groups -OCH3 is 2. The maximum Gasteiger partial charge on any atom is 0.340 e. The molecule has 0 aliphatic carbocycles. The number of carbonyl (C=O) groups excluding carboxylic acids is 1. The lowest BCUT2D eigenvalue weighted by Gasteiger charge is -2.17. The molecule has 0 bridgehead atoms. The van der Waals surface area contributed by atoms with Crippen molar-refractivity contribution in [2.75, 3.05) is 31.9 Å². The monoisotopic (exact) mass is 253 g/mol. The van der Waals surface area contributed by atoms with E-state index in [4.69, 9.17) is 10.5 Å². The van der Waals surface area contributed by atoms with Crippen molar-refractivity contribution in [2.24, 2.45) is 0 Å². The Hall–Kier alpha value is -1.82. The van der Waals surface area contributed by atoms with Crippen molar-refractivity contribution in [2.45, 2.75) is 19.4 Å². The van der Waals surface area contributed by atoms with Gasteiger partial charge in [0.25, 0.3) is 0 Å². The number of pyridine rings is 1. The quantitative estimate of drug-likeness (QED) is 0.743. The third-order valence-corrected chi connectivity index (χ3v) is 2.55. The zero-order valence-electron chi connectivity index (χ0n) is 10.9. The summed E-state index contributed by atoms with van der Waals surface area (Å²) in [4.78, 5) is 15.6. The molecule has 6 nitrogen and oxygen atoms in total. The van der Waals surface area contributed by atoms with Crippen LogP contribution in [0.2, 0.25) is 0 Å². The second-order valence-corrected chi connectivity index (χ2v) is 3.85. The van der Waals surface area contributed by atoms with Gasteiger partial charge in [-0.3, -0.25) is 0 Å². The molecule has 0 fully saturated rings. The van der Waals surface area contributed by atoms with Gasteiger partial charge in [-0.05, 0) is 12.5 Å². The maximum atomic E-state index is 11.5. The van der Waals surface area contributed by atoms with E-state index >= 15 is 0 Å². The van der Waals surface area contributed by atoms with E-state index in [-0.39, 0.29) is 6.04 Å². The van der Waals surface area contributed by atoms with Crippen LogP contribution in [0.15, 0.2) is 12.3 Å². The van der Waals surface area contributed by atoms with Crippen molar-refractivity contribution < 1.29 is 14.3 Å². The summed E-state index contributed by atoms with van der Waals surface area (Å²) in [5.74, 6) is 0.103. The van der Waals surface area contributed by atoms with Crippen molar-refractivity contribution in [1.29, 1.82) is 0 Å². The number of rotatable bonds is 6. The van der Waals surface area contributed by atoms with Gasteiger partial charge in [0.15, 0.2) is 0 Å². The molecule has 100 valence electrons. The lowest BCUT2D eigenvalue weighted by molar-refractivity contribution is 0.0602. The van der Waals surface area contributed by atoms with Crippen LogP contribution in [0.3, 0.4) is 0 Å². The Bertz CT molecular complexity index is 410. The third-order valence-electron chi connectivity index (χ3n) is 2.55. The van der Waals surface area contributed by atoms with E-state index in [2.05, 4.69) is 15.0 Å². The van der Waals surface area contributed by atoms with Gasteiger partial charge in [0.1, 0.15) is 5.82 Å². The Balaban J connectivity index is 2.87. The minimum atomic E-state index is -0.474. The van der Waals surface area contributed by atoms with E-state index in [0.29, 0.717) is 23.7 Å². The Morgan fingerprint density at radius 1 is 1.56 bits per heavy atom. The van der Waals surface area contributed by atoms with Gasteiger partial charge in [-0.2, -0.15) is 0 Å². The smallest absolute Gasteiger partial charge is 0.340 e. The fraction of sp³-hybridized carbons (Fsp3) is 0.500. The SMILES string of the molecule is CCC(COC)Nc1cc(C(=O)OC)c(N)cn1. The van der Waals surface area contributed by atoms with E-state index in [9.17, 15) is 4.79 Å². The lowest BCUT2D eigenvalue weighted by atomic mass is 10.2. The number of aromatic nitrogens is 1. The van der Waals surface area contributed by atoms with Crippen LogP contribution in [0.1, 0.15) is 23.7 Å². The van der Waals surface area contributed by atoms with E-state index < -0.39 is 5.97 Å². The molecule has 1 aromatic heterocycles. The number of hydrogen-bond donors (Lipinski definition) is 2. The number of nitrogen functional groups attached to an aromatic ring is 1. The Morgan fingerprint density at radius 2 is 2.28 bits per heavy atom. The molecule has 0 saturated heterocycles. The van der Waals surface area contributed by atoms with Crippen LogP contribution in [0.25, 0.3) is 0 Å². The number of nitrogens with zero attached hydrogens (tertiary/aromatic N) is 1. The highest BCUT2D eigenvalue weighted by atomic mass is 16.5. The van der Waals surface area contributed by atoms with Gasteiger partial charge >= 0.3 is 5.97 Å². The molecule has 0 radical (unpaired) electrons. The van der Waals surface area contributed by atoms with Crippen molar-refractivity contribution in [3.05, 3.63) is 17.8 Å². The van der Waals surface area contributed by atoms with Crippen LogP contribution in [-0.4, -0.2) is 37.8 Å². The summed E-state index contributed by atoms with van der Waals surface area (Å²) in [5, 5.41) is 3.18. The van der Waals surface area contributed by atoms with Gasteiger partial charge < -0.3 is 20.5 Å². The normalized spacial score (nSPS) is 11.9. The Morgan fingerprint density at radius 3 is 2.83 bits per heavy atom. The highest BCUT2D eigenvalue weighted by molar-refractivity contribution is 5.95. The predicted octanol–water partition coefficient (Wildman–Crippen LogP) is 1.29.